The number of unbranched alkanes of at least 4 members (excludes halogenated alkanes) is 2. The summed E-state index contributed by atoms with van der Waals surface area (Å²) in [6.45, 7) is 4.21. The third kappa shape index (κ3) is 8.93. The van der Waals surface area contributed by atoms with Crippen molar-refractivity contribution >= 4 is 0 Å². The molecule has 0 aromatic rings. The van der Waals surface area contributed by atoms with Gasteiger partial charge in [-0.3, -0.25) is 0 Å². The fraction of sp³-hybridized carbons (Fsp3) is 0.500. The summed E-state index contributed by atoms with van der Waals surface area (Å²) in [7, 11) is 0. The molecular weight excluding hydrogens is 160 g/mol. The van der Waals surface area contributed by atoms with E-state index in [0.717, 1.165) is 12.8 Å². The first-order valence-electron chi connectivity index (χ1n) is 5.03. The number of allylic oxidation sites excluding steroid dienone is 5. The van der Waals surface area contributed by atoms with Gasteiger partial charge in [-0.1, -0.05) is 44.9 Å². The third-order valence-electron chi connectivity index (χ3n) is 1.65. The lowest BCUT2D eigenvalue weighted by Crippen LogP contribution is -1.71. The van der Waals surface area contributed by atoms with Crippen LogP contribution < -0.4 is 0 Å². The van der Waals surface area contributed by atoms with Gasteiger partial charge in [0, 0.05) is 0 Å². The first-order valence-corrected chi connectivity index (χ1v) is 5.03. The standard InChI is InChI=1S/C12H20O/c1-3-5-7-8-9-11-12(13)10-6-4-2/h6,8-11,13H,3-5,7H2,1-2H3/b9-8+,10-6-,12-11+. The van der Waals surface area contributed by atoms with Gasteiger partial charge in [-0.15, -0.1) is 0 Å². The Hall–Kier alpha value is -0.980. The number of hydrogen-bond acceptors (Lipinski definition) is 1. The van der Waals surface area contributed by atoms with Gasteiger partial charge in [0.05, 0.1) is 0 Å². The maximum absolute atomic E-state index is 9.26. The Morgan fingerprint density at radius 1 is 1.23 bits per heavy atom. The number of rotatable bonds is 6. The van der Waals surface area contributed by atoms with Crippen LogP contribution in [-0.4, -0.2) is 5.11 Å². The Kier molecular flexibility index (Phi) is 8.42. The fourth-order valence-electron chi connectivity index (χ4n) is 0.879. The van der Waals surface area contributed by atoms with E-state index >= 15 is 0 Å². The molecule has 0 aliphatic rings. The van der Waals surface area contributed by atoms with Crippen molar-refractivity contribution in [1.82, 2.24) is 0 Å². The van der Waals surface area contributed by atoms with Crippen LogP contribution in [0.5, 0.6) is 0 Å². The monoisotopic (exact) mass is 180 g/mol. The van der Waals surface area contributed by atoms with E-state index in [9.17, 15) is 5.11 Å². The predicted octanol–water partition coefficient (Wildman–Crippen LogP) is 4.14. The first-order chi connectivity index (χ1) is 6.31. The van der Waals surface area contributed by atoms with E-state index in [1.165, 1.54) is 12.8 Å². The zero-order valence-corrected chi connectivity index (χ0v) is 8.66. The molecule has 74 valence electrons. The van der Waals surface area contributed by atoms with E-state index in [0.29, 0.717) is 5.76 Å². The lowest BCUT2D eigenvalue weighted by Gasteiger charge is -1.88. The molecule has 0 atom stereocenters. The molecule has 0 bridgehead atoms. The van der Waals surface area contributed by atoms with Crippen molar-refractivity contribution in [3.63, 3.8) is 0 Å². The van der Waals surface area contributed by atoms with E-state index in [4.69, 9.17) is 0 Å². The third-order valence-corrected chi connectivity index (χ3v) is 1.65. The van der Waals surface area contributed by atoms with Gasteiger partial charge in [0.1, 0.15) is 5.76 Å². The lowest BCUT2D eigenvalue weighted by atomic mass is 10.2. The van der Waals surface area contributed by atoms with Gasteiger partial charge in [0.15, 0.2) is 0 Å². The van der Waals surface area contributed by atoms with Gasteiger partial charge < -0.3 is 5.11 Å². The summed E-state index contributed by atoms with van der Waals surface area (Å²) in [6.07, 6.45) is 13.9. The molecule has 1 heteroatoms. The van der Waals surface area contributed by atoms with Crippen molar-refractivity contribution in [2.75, 3.05) is 0 Å². The molecule has 0 fully saturated rings. The highest BCUT2D eigenvalue weighted by Gasteiger charge is 1.80. The minimum Gasteiger partial charge on any atom is -0.508 e. The van der Waals surface area contributed by atoms with Gasteiger partial charge in [-0.25, -0.2) is 0 Å². The maximum Gasteiger partial charge on any atom is 0.115 e. The largest absolute Gasteiger partial charge is 0.508 e. The van der Waals surface area contributed by atoms with Crippen LogP contribution in [0.3, 0.4) is 0 Å². The zero-order valence-electron chi connectivity index (χ0n) is 8.66. The Balaban J connectivity index is 3.68. The molecule has 0 saturated heterocycles. The predicted molar refractivity (Wildman–Crippen MR) is 58.8 cm³/mol. The van der Waals surface area contributed by atoms with Gasteiger partial charge in [0.2, 0.25) is 0 Å². The SMILES string of the molecule is CC\C=C/C(O)=C\C=C\CCCC. The average Bonchev–Trinajstić information content (AvgIpc) is 2.14. The summed E-state index contributed by atoms with van der Waals surface area (Å²) < 4.78 is 0. The summed E-state index contributed by atoms with van der Waals surface area (Å²) >= 11 is 0. The van der Waals surface area contributed by atoms with Crippen LogP contribution in [-0.2, 0) is 0 Å². The van der Waals surface area contributed by atoms with Crippen LogP contribution in [0.25, 0.3) is 0 Å². The Morgan fingerprint density at radius 3 is 2.62 bits per heavy atom. The van der Waals surface area contributed by atoms with Crippen molar-refractivity contribution in [3.8, 4) is 0 Å². The summed E-state index contributed by atoms with van der Waals surface area (Å²) in [5.41, 5.74) is 0. The molecular formula is C12H20O. The highest BCUT2D eigenvalue weighted by Crippen LogP contribution is 1.97. The van der Waals surface area contributed by atoms with Gasteiger partial charge >= 0.3 is 0 Å². The highest BCUT2D eigenvalue weighted by molar-refractivity contribution is 5.16. The molecule has 0 aromatic carbocycles. The van der Waals surface area contributed by atoms with Crippen molar-refractivity contribution in [2.24, 2.45) is 0 Å². The molecule has 0 amide bonds. The highest BCUT2D eigenvalue weighted by atomic mass is 16.3. The van der Waals surface area contributed by atoms with Crippen LogP contribution >= 0.6 is 0 Å². The van der Waals surface area contributed by atoms with Gasteiger partial charge in [0.25, 0.3) is 0 Å². The van der Waals surface area contributed by atoms with Crippen molar-refractivity contribution in [2.45, 2.75) is 39.5 Å². The summed E-state index contributed by atoms with van der Waals surface area (Å²) in [4.78, 5) is 0. The molecule has 0 aliphatic heterocycles. The molecule has 0 spiro atoms. The minimum absolute atomic E-state index is 0.328. The molecule has 0 radical (unpaired) electrons. The zero-order chi connectivity index (χ0) is 9.94. The Bertz CT molecular complexity index is 187. The van der Waals surface area contributed by atoms with Gasteiger partial charge in [-0.05, 0) is 25.0 Å². The fourth-order valence-corrected chi connectivity index (χ4v) is 0.879. The summed E-state index contributed by atoms with van der Waals surface area (Å²) in [5, 5.41) is 9.26. The maximum atomic E-state index is 9.26. The van der Waals surface area contributed by atoms with E-state index in [2.05, 4.69) is 13.0 Å². The minimum atomic E-state index is 0.328. The smallest absolute Gasteiger partial charge is 0.115 e. The molecule has 0 saturated carbocycles. The second kappa shape index (κ2) is 9.11. The second-order valence-corrected chi connectivity index (χ2v) is 2.97. The van der Waals surface area contributed by atoms with Crippen LogP contribution in [0.4, 0.5) is 0 Å². The molecule has 13 heavy (non-hydrogen) atoms. The number of aliphatic hydroxyl groups is 1. The lowest BCUT2D eigenvalue weighted by molar-refractivity contribution is 0.432. The van der Waals surface area contributed by atoms with Gasteiger partial charge in [-0.2, -0.15) is 0 Å². The van der Waals surface area contributed by atoms with Crippen molar-refractivity contribution in [1.29, 1.82) is 0 Å². The molecule has 0 aliphatic carbocycles. The van der Waals surface area contributed by atoms with E-state index < -0.39 is 0 Å². The molecule has 0 unspecified atom stereocenters. The van der Waals surface area contributed by atoms with Crippen LogP contribution in [0.15, 0.2) is 36.1 Å². The first kappa shape index (κ1) is 12.0. The van der Waals surface area contributed by atoms with E-state index in [1.54, 1.807) is 12.2 Å². The van der Waals surface area contributed by atoms with Crippen LogP contribution in [0, 0.1) is 0 Å². The van der Waals surface area contributed by atoms with Crippen molar-refractivity contribution < 1.29 is 5.11 Å². The van der Waals surface area contributed by atoms with Crippen LogP contribution in [0.2, 0.25) is 0 Å². The van der Waals surface area contributed by atoms with Crippen molar-refractivity contribution in [3.05, 3.63) is 36.1 Å². The second-order valence-electron chi connectivity index (χ2n) is 2.97. The van der Waals surface area contributed by atoms with E-state index in [-0.39, 0.29) is 0 Å². The normalized spacial score (nSPS) is 13.2. The molecule has 0 heterocycles. The summed E-state index contributed by atoms with van der Waals surface area (Å²) in [6, 6.07) is 0. The average molecular weight is 180 g/mol. The topological polar surface area (TPSA) is 20.2 Å². The quantitative estimate of drug-likeness (QED) is 0.370. The summed E-state index contributed by atoms with van der Waals surface area (Å²) in [5.74, 6) is 0.328. The van der Waals surface area contributed by atoms with Crippen LogP contribution in [0.1, 0.15) is 39.5 Å². The Labute approximate surface area is 81.5 Å². The molecule has 1 N–H and O–H groups in total. The molecule has 0 aromatic heterocycles. The number of hydrogen-bond donors (Lipinski definition) is 1. The molecule has 0 rings (SSSR count). The molecule has 1 nitrogen and oxygen atoms in total. The van der Waals surface area contributed by atoms with E-state index in [1.807, 2.05) is 19.1 Å². The number of aliphatic hydroxyl groups excluding tert-OH is 1. The Morgan fingerprint density at radius 2 is 2.00 bits per heavy atom.